The Morgan fingerprint density at radius 2 is 1.57 bits per heavy atom. The minimum atomic E-state index is -0.325. The van der Waals surface area contributed by atoms with Gasteiger partial charge >= 0.3 is 0 Å². The third-order valence-electron chi connectivity index (χ3n) is 4.95. The molecular weight excluding hydrogens is 448 g/mol. The molecule has 0 atom stereocenters. The maximum Gasteiger partial charge on any atom is 0.274 e. The molecule has 1 aliphatic rings. The van der Waals surface area contributed by atoms with Crippen molar-refractivity contribution in [2.75, 3.05) is 5.32 Å². The van der Waals surface area contributed by atoms with Crippen molar-refractivity contribution in [1.82, 2.24) is 15.6 Å². The molecule has 0 bridgehead atoms. The van der Waals surface area contributed by atoms with Crippen LogP contribution in [0.25, 0.3) is 0 Å². The molecule has 7 nitrogen and oxygen atoms in total. The summed E-state index contributed by atoms with van der Waals surface area (Å²) in [5.74, 6) is -0.640. The Balaban J connectivity index is 1.50. The van der Waals surface area contributed by atoms with Gasteiger partial charge in [-0.1, -0.05) is 12.6 Å². The van der Waals surface area contributed by atoms with E-state index in [1.807, 2.05) is 0 Å². The van der Waals surface area contributed by atoms with Crippen LogP contribution in [0.4, 0.5) is 5.69 Å². The molecule has 3 amide bonds. The van der Waals surface area contributed by atoms with E-state index in [1.54, 1.807) is 42.5 Å². The van der Waals surface area contributed by atoms with Gasteiger partial charge in [0.2, 0.25) is 5.91 Å². The molecule has 1 aromatic carbocycles. The van der Waals surface area contributed by atoms with E-state index in [-0.39, 0.29) is 29.8 Å². The molecule has 0 saturated heterocycles. The van der Waals surface area contributed by atoms with Gasteiger partial charge in [-0.25, -0.2) is 4.98 Å². The van der Waals surface area contributed by atoms with Crippen LogP contribution in [0.15, 0.2) is 59.7 Å². The fourth-order valence-electron chi connectivity index (χ4n) is 3.35. The largest absolute Gasteiger partial charge is 0.350 e. The molecule has 0 unspecified atom stereocenters. The molecule has 3 N–H and O–H groups in total. The Bertz CT molecular complexity index is 938. The van der Waals surface area contributed by atoms with Crippen molar-refractivity contribution in [2.24, 2.45) is 0 Å². The zero-order valence-corrected chi connectivity index (χ0v) is 17.9. The number of amides is 3. The van der Waals surface area contributed by atoms with Crippen LogP contribution in [0, 0.1) is 0 Å². The average Bonchev–Trinajstić information content (AvgIpc) is 2.75. The Kier molecular flexibility index (Phi) is 7.35. The van der Waals surface area contributed by atoms with Crippen LogP contribution in [0.3, 0.4) is 0 Å². The second-order valence-electron chi connectivity index (χ2n) is 7.11. The second kappa shape index (κ2) is 10.2. The fourth-order valence-corrected chi connectivity index (χ4v) is 3.69. The Morgan fingerprint density at radius 3 is 2.17 bits per heavy atom. The highest BCUT2D eigenvalue weighted by molar-refractivity contribution is 9.10. The number of hydrogen-bond donors (Lipinski definition) is 3. The van der Waals surface area contributed by atoms with Gasteiger partial charge in [-0.3, -0.25) is 14.4 Å². The Morgan fingerprint density at radius 1 is 0.933 bits per heavy atom. The van der Waals surface area contributed by atoms with E-state index in [4.69, 9.17) is 0 Å². The van der Waals surface area contributed by atoms with Crippen molar-refractivity contribution in [1.29, 1.82) is 0 Å². The minimum Gasteiger partial charge on any atom is -0.350 e. The van der Waals surface area contributed by atoms with E-state index in [1.165, 1.54) is 6.08 Å². The van der Waals surface area contributed by atoms with Crippen LogP contribution in [-0.4, -0.2) is 34.8 Å². The van der Waals surface area contributed by atoms with Gasteiger partial charge in [-0.15, -0.1) is 0 Å². The van der Waals surface area contributed by atoms with Crippen molar-refractivity contribution in [3.05, 3.63) is 71.0 Å². The maximum atomic E-state index is 12.5. The van der Waals surface area contributed by atoms with E-state index in [0.29, 0.717) is 21.5 Å². The SMILES string of the molecule is C=CC(=O)N[C@H]1CC[C@H](NC(=O)c2ccc(NC(=O)c3cccc(Br)n3)cc2)CC1. The van der Waals surface area contributed by atoms with Crippen molar-refractivity contribution in [3.63, 3.8) is 0 Å². The molecule has 1 aliphatic carbocycles. The van der Waals surface area contributed by atoms with E-state index in [0.717, 1.165) is 25.7 Å². The van der Waals surface area contributed by atoms with Crippen LogP contribution in [0.5, 0.6) is 0 Å². The van der Waals surface area contributed by atoms with Gasteiger partial charge in [0, 0.05) is 23.3 Å². The summed E-state index contributed by atoms with van der Waals surface area (Å²) in [7, 11) is 0. The highest BCUT2D eigenvalue weighted by Gasteiger charge is 2.23. The number of hydrogen-bond acceptors (Lipinski definition) is 4. The van der Waals surface area contributed by atoms with Crippen LogP contribution in [0.1, 0.15) is 46.5 Å². The smallest absolute Gasteiger partial charge is 0.274 e. The third kappa shape index (κ3) is 6.00. The van der Waals surface area contributed by atoms with E-state index < -0.39 is 0 Å². The summed E-state index contributed by atoms with van der Waals surface area (Å²) in [5.41, 5.74) is 1.40. The van der Waals surface area contributed by atoms with Gasteiger partial charge < -0.3 is 16.0 Å². The van der Waals surface area contributed by atoms with Crippen molar-refractivity contribution < 1.29 is 14.4 Å². The number of carbonyl (C=O) groups is 3. The molecule has 0 spiro atoms. The Labute approximate surface area is 183 Å². The number of aromatic nitrogens is 1. The molecule has 1 fully saturated rings. The highest BCUT2D eigenvalue weighted by atomic mass is 79.9. The van der Waals surface area contributed by atoms with E-state index >= 15 is 0 Å². The lowest BCUT2D eigenvalue weighted by Crippen LogP contribution is -2.43. The predicted octanol–water partition coefficient (Wildman–Crippen LogP) is 3.44. The van der Waals surface area contributed by atoms with Gasteiger partial charge in [0.15, 0.2) is 0 Å². The number of nitrogens with one attached hydrogen (secondary N) is 3. The molecule has 30 heavy (non-hydrogen) atoms. The first-order valence-corrected chi connectivity index (χ1v) is 10.5. The number of halogens is 1. The first-order valence-electron chi connectivity index (χ1n) is 9.72. The van der Waals surface area contributed by atoms with E-state index in [9.17, 15) is 14.4 Å². The number of carbonyl (C=O) groups excluding carboxylic acids is 3. The lowest BCUT2D eigenvalue weighted by Gasteiger charge is -2.29. The second-order valence-corrected chi connectivity index (χ2v) is 7.92. The van der Waals surface area contributed by atoms with E-state index in [2.05, 4.69) is 43.4 Å². The summed E-state index contributed by atoms with van der Waals surface area (Å²) < 4.78 is 0.583. The predicted molar refractivity (Wildman–Crippen MR) is 118 cm³/mol. The van der Waals surface area contributed by atoms with Gasteiger partial charge in [-0.2, -0.15) is 0 Å². The molecule has 156 valence electrons. The van der Waals surface area contributed by atoms with Crippen molar-refractivity contribution >= 4 is 39.3 Å². The molecule has 8 heteroatoms. The van der Waals surface area contributed by atoms with Gasteiger partial charge in [0.25, 0.3) is 11.8 Å². The highest BCUT2D eigenvalue weighted by Crippen LogP contribution is 2.19. The number of benzene rings is 1. The van der Waals surface area contributed by atoms with Crippen LogP contribution >= 0.6 is 15.9 Å². The molecule has 0 aliphatic heterocycles. The van der Waals surface area contributed by atoms with Gasteiger partial charge in [-0.05, 0) is 84.1 Å². The monoisotopic (exact) mass is 470 g/mol. The number of anilines is 1. The van der Waals surface area contributed by atoms with Gasteiger partial charge in [0.05, 0.1) is 0 Å². The molecular formula is C22H23BrN4O3. The third-order valence-corrected chi connectivity index (χ3v) is 5.39. The minimum absolute atomic E-state index is 0.0800. The number of nitrogens with zero attached hydrogens (tertiary/aromatic N) is 1. The zero-order valence-electron chi connectivity index (χ0n) is 16.4. The lowest BCUT2D eigenvalue weighted by atomic mass is 9.91. The summed E-state index contributed by atoms with van der Waals surface area (Å²) in [6.07, 6.45) is 4.52. The summed E-state index contributed by atoms with van der Waals surface area (Å²) in [5, 5.41) is 8.70. The average molecular weight is 471 g/mol. The fraction of sp³-hybridized carbons (Fsp3) is 0.273. The van der Waals surface area contributed by atoms with Crippen LogP contribution in [-0.2, 0) is 4.79 Å². The van der Waals surface area contributed by atoms with Gasteiger partial charge in [0.1, 0.15) is 10.3 Å². The quantitative estimate of drug-likeness (QED) is 0.444. The zero-order chi connectivity index (χ0) is 21.5. The van der Waals surface area contributed by atoms with Crippen LogP contribution in [0.2, 0.25) is 0 Å². The molecule has 0 radical (unpaired) electrons. The van der Waals surface area contributed by atoms with Crippen molar-refractivity contribution in [3.8, 4) is 0 Å². The molecule has 1 saturated carbocycles. The first-order chi connectivity index (χ1) is 14.4. The maximum absolute atomic E-state index is 12.5. The van der Waals surface area contributed by atoms with Crippen LogP contribution < -0.4 is 16.0 Å². The molecule has 2 aromatic rings. The molecule has 3 rings (SSSR count). The lowest BCUT2D eigenvalue weighted by molar-refractivity contribution is -0.117. The summed E-state index contributed by atoms with van der Waals surface area (Å²) in [4.78, 5) is 40.3. The molecule has 1 heterocycles. The summed E-state index contributed by atoms with van der Waals surface area (Å²) in [6.45, 7) is 3.46. The Hall–Kier alpha value is -3.00. The molecule has 1 aromatic heterocycles. The number of pyridine rings is 1. The van der Waals surface area contributed by atoms with Crippen molar-refractivity contribution in [2.45, 2.75) is 37.8 Å². The summed E-state index contributed by atoms with van der Waals surface area (Å²) >= 11 is 3.24. The summed E-state index contributed by atoms with van der Waals surface area (Å²) in [6, 6.07) is 12.0. The topological polar surface area (TPSA) is 100 Å². The number of rotatable bonds is 6. The normalized spacial score (nSPS) is 18.2. The standard InChI is InChI=1S/C22H23BrN4O3/c1-2-20(28)24-15-10-12-17(13-11-15)25-21(29)14-6-8-16(9-7-14)26-22(30)18-4-3-5-19(23)27-18/h2-9,15,17H,1,10-13H2,(H,24,28)(H,25,29)(H,26,30)/t15-,17-. The first kappa shape index (κ1) is 21.7.